The third-order valence-corrected chi connectivity index (χ3v) is 5.08. The molecule has 1 aromatic heterocycles. The molecule has 22 heavy (non-hydrogen) atoms. The minimum atomic E-state index is -4.42. The summed E-state index contributed by atoms with van der Waals surface area (Å²) in [6, 6.07) is 1.18. The van der Waals surface area contributed by atoms with Crippen molar-refractivity contribution in [2.45, 2.75) is 56.8 Å². The molecule has 0 aliphatic carbocycles. The summed E-state index contributed by atoms with van der Waals surface area (Å²) in [7, 11) is 0. The van der Waals surface area contributed by atoms with E-state index in [9.17, 15) is 13.2 Å². The maximum Gasteiger partial charge on any atom is 0.418 e. The van der Waals surface area contributed by atoms with Crippen LogP contribution in [0.25, 0.3) is 0 Å². The highest BCUT2D eigenvalue weighted by Gasteiger charge is 2.47. The van der Waals surface area contributed by atoms with Gasteiger partial charge in [-0.2, -0.15) is 18.3 Å². The maximum absolute atomic E-state index is 12.6. The summed E-state index contributed by atoms with van der Waals surface area (Å²) in [5, 5.41) is 7.03. The summed E-state index contributed by atoms with van der Waals surface area (Å²) in [6.07, 6.45) is 1.98. The van der Waals surface area contributed by atoms with Crippen molar-refractivity contribution in [1.82, 2.24) is 15.1 Å². The lowest BCUT2D eigenvalue weighted by Gasteiger charge is -2.34. The third-order valence-electron chi connectivity index (χ3n) is 5.08. The molecule has 122 valence electrons. The molecule has 0 spiro atoms. The number of fused-ring (bicyclic) bond motifs is 1. The molecule has 4 nitrogen and oxygen atoms in total. The first kappa shape index (κ1) is 15.5. The first-order chi connectivity index (χ1) is 10.4. The van der Waals surface area contributed by atoms with E-state index in [1.165, 1.54) is 12.8 Å². The monoisotopic (exact) mass is 315 g/mol. The highest BCUT2D eigenvalue weighted by atomic mass is 19.4. The number of rotatable bonds is 4. The van der Waals surface area contributed by atoms with Crippen LogP contribution in [0, 0.1) is 0 Å². The van der Waals surface area contributed by atoms with Gasteiger partial charge in [-0.3, -0.25) is 4.90 Å². The molecule has 0 bridgehead atoms. The first-order valence-electron chi connectivity index (χ1n) is 7.74. The largest absolute Gasteiger partial charge is 0.475 e. The molecular weight excluding hydrogens is 295 g/mol. The highest BCUT2D eigenvalue weighted by molar-refractivity contribution is 5.19. The van der Waals surface area contributed by atoms with E-state index in [0.29, 0.717) is 12.8 Å². The molecule has 0 N–H and O–H groups in total. The van der Waals surface area contributed by atoms with E-state index in [0.717, 1.165) is 31.9 Å². The second-order valence-electron chi connectivity index (χ2n) is 6.16. The van der Waals surface area contributed by atoms with Crippen molar-refractivity contribution >= 4 is 0 Å². The Kier molecular flexibility index (Phi) is 4.01. The van der Waals surface area contributed by atoms with Crippen LogP contribution in [0.4, 0.5) is 13.2 Å². The standard InChI is InChI=1S/C15H20F3N3O/c1-2-14-5-3-7-21(14)12(4-6-14)10-22-13-8-11(9-19-20-13)15(16,17)18/h8-9,12H,2-7,10H2,1H3/t12-,14-/m0/s1. The fourth-order valence-electron chi connectivity index (χ4n) is 3.87. The molecule has 2 fully saturated rings. The van der Waals surface area contributed by atoms with Gasteiger partial charge in [0, 0.05) is 17.6 Å². The second-order valence-corrected chi connectivity index (χ2v) is 6.16. The van der Waals surface area contributed by atoms with Crippen LogP contribution >= 0.6 is 0 Å². The molecule has 7 heteroatoms. The molecule has 2 aliphatic heterocycles. The number of aromatic nitrogens is 2. The van der Waals surface area contributed by atoms with E-state index < -0.39 is 11.7 Å². The zero-order valence-corrected chi connectivity index (χ0v) is 12.6. The number of alkyl halides is 3. The Labute approximate surface area is 127 Å². The quantitative estimate of drug-likeness (QED) is 0.854. The number of nitrogens with zero attached hydrogens (tertiary/aromatic N) is 3. The van der Waals surface area contributed by atoms with Crippen molar-refractivity contribution in [2.75, 3.05) is 13.2 Å². The Morgan fingerprint density at radius 2 is 2.23 bits per heavy atom. The van der Waals surface area contributed by atoms with Crippen molar-refractivity contribution in [3.63, 3.8) is 0 Å². The zero-order valence-electron chi connectivity index (χ0n) is 12.6. The van der Waals surface area contributed by atoms with Crippen molar-refractivity contribution in [1.29, 1.82) is 0 Å². The van der Waals surface area contributed by atoms with Crippen molar-refractivity contribution in [3.05, 3.63) is 17.8 Å². The van der Waals surface area contributed by atoms with Crippen LogP contribution in [0.3, 0.4) is 0 Å². The number of halogens is 3. The molecule has 2 saturated heterocycles. The van der Waals surface area contributed by atoms with Crippen LogP contribution in [-0.2, 0) is 6.18 Å². The van der Waals surface area contributed by atoms with Gasteiger partial charge in [0.1, 0.15) is 6.61 Å². The number of hydrogen-bond donors (Lipinski definition) is 0. The van der Waals surface area contributed by atoms with Gasteiger partial charge in [-0.1, -0.05) is 6.92 Å². The van der Waals surface area contributed by atoms with Gasteiger partial charge in [-0.15, -0.1) is 5.10 Å². The van der Waals surface area contributed by atoms with Gasteiger partial charge < -0.3 is 4.74 Å². The smallest absolute Gasteiger partial charge is 0.418 e. The summed E-state index contributed by atoms with van der Waals surface area (Å²) in [5.74, 6) is -0.0528. The van der Waals surface area contributed by atoms with Gasteiger partial charge in [0.05, 0.1) is 11.8 Å². The number of hydrogen-bond acceptors (Lipinski definition) is 4. The molecule has 3 rings (SSSR count). The normalized spacial score (nSPS) is 28.8. The fraction of sp³-hybridized carbons (Fsp3) is 0.733. The fourth-order valence-corrected chi connectivity index (χ4v) is 3.87. The van der Waals surface area contributed by atoms with Crippen molar-refractivity contribution in [3.8, 4) is 5.88 Å². The molecule has 0 saturated carbocycles. The van der Waals surface area contributed by atoms with E-state index in [1.807, 2.05) is 0 Å². The van der Waals surface area contributed by atoms with Gasteiger partial charge in [0.15, 0.2) is 0 Å². The first-order valence-corrected chi connectivity index (χ1v) is 7.74. The van der Waals surface area contributed by atoms with E-state index in [-0.39, 0.29) is 17.5 Å². The predicted molar refractivity (Wildman–Crippen MR) is 74.5 cm³/mol. The molecule has 0 radical (unpaired) electrons. The Morgan fingerprint density at radius 1 is 1.41 bits per heavy atom. The molecule has 2 atom stereocenters. The van der Waals surface area contributed by atoms with Gasteiger partial charge in [0.2, 0.25) is 5.88 Å². The SMILES string of the molecule is CC[C@@]12CCCN1[C@H](COc1cc(C(F)(F)F)cnn1)CC2. The molecule has 3 heterocycles. The van der Waals surface area contributed by atoms with Crippen LogP contribution in [0.1, 0.15) is 44.6 Å². The van der Waals surface area contributed by atoms with Gasteiger partial charge in [-0.25, -0.2) is 0 Å². The summed E-state index contributed by atoms with van der Waals surface area (Å²) < 4.78 is 43.5. The number of ether oxygens (including phenoxy) is 1. The Bertz CT molecular complexity index is 537. The minimum absolute atomic E-state index is 0.0528. The van der Waals surface area contributed by atoms with E-state index in [4.69, 9.17) is 4.74 Å². The van der Waals surface area contributed by atoms with Crippen LogP contribution in [0.5, 0.6) is 5.88 Å². The Morgan fingerprint density at radius 3 is 2.95 bits per heavy atom. The summed E-state index contributed by atoms with van der Waals surface area (Å²) in [6.45, 7) is 3.63. The molecule has 0 amide bonds. The van der Waals surface area contributed by atoms with Crippen LogP contribution in [-0.4, -0.2) is 39.8 Å². The van der Waals surface area contributed by atoms with Crippen LogP contribution in [0.15, 0.2) is 12.3 Å². The van der Waals surface area contributed by atoms with E-state index >= 15 is 0 Å². The average molecular weight is 315 g/mol. The predicted octanol–water partition coefficient (Wildman–Crippen LogP) is 3.28. The summed E-state index contributed by atoms with van der Waals surface area (Å²) in [4.78, 5) is 2.48. The molecular formula is C15H20F3N3O. The van der Waals surface area contributed by atoms with Crippen LogP contribution in [0.2, 0.25) is 0 Å². The summed E-state index contributed by atoms with van der Waals surface area (Å²) in [5.41, 5.74) is -0.541. The summed E-state index contributed by atoms with van der Waals surface area (Å²) >= 11 is 0. The van der Waals surface area contributed by atoms with E-state index in [1.54, 1.807) is 0 Å². The van der Waals surface area contributed by atoms with Gasteiger partial charge in [0.25, 0.3) is 0 Å². The topological polar surface area (TPSA) is 38.2 Å². The molecule has 0 aromatic carbocycles. The van der Waals surface area contributed by atoms with Gasteiger partial charge >= 0.3 is 6.18 Å². The molecule has 0 unspecified atom stereocenters. The zero-order chi connectivity index (χ0) is 15.8. The van der Waals surface area contributed by atoms with E-state index in [2.05, 4.69) is 22.0 Å². The third kappa shape index (κ3) is 2.78. The average Bonchev–Trinajstić information content (AvgIpc) is 3.04. The minimum Gasteiger partial charge on any atom is -0.475 e. The molecule has 1 aromatic rings. The Hall–Kier alpha value is -1.37. The lowest BCUT2D eigenvalue weighted by atomic mass is 9.91. The lowest BCUT2D eigenvalue weighted by Crippen LogP contribution is -2.43. The Balaban J connectivity index is 1.64. The lowest BCUT2D eigenvalue weighted by molar-refractivity contribution is -0.138. The highest BCUT2D eigenvalue weighted by Crippen LogP contribution is 2.44. The second kappa shape index (κ2) is 5.68. The maximum atomic E-state index is 12.6. The van der Waals surface area contributed by atoms with Crippen molar-refractivity contribution in [2.24, 2.45) is 0 Å². The van der Waals surface area contributed by atoms with Crippen molar-refractivity contribution < 1.29 is 17.9 Å². The van der Waals surface area contributed by atoms with Crippen LogP contribution < -0.4 is 4.74 Å². The van der Waals surface area contributed by atoms with Gasteiger partial charge in [-0.05, 0) is 38.6 Å². The molecule has 2 aliphatic rings.